The van der Waals surface area contributed by atoms with E-state index in [4.69, 9.17) is 21.1 Å². The first-order valence-electron chi connectivity index (χ1n) is 9.91. The number of halogens is 1. The summed E-state index contributed by atoms with van der Waals surface area (Å²) in [5.74, 6) is -0.864. The summed E-state index contributed by atoms with van der Waals surface area (Å²) in [6.07, 6.45) is 0. The van der Waals surface area contributed by atoms with E-state index in [1.807, 2.05) is 0 Å². The first kappa shape index (κ1) is 24.2. The first-order valence-corrected chi connectivity index (χ1v) is 11.3. The molecule has 0 saturated carbocycles. The SMILES string of the molecule is COC(=O)C1=C(C)NC(SCC(=O)Nc2cccc(OC)c2)=C(C#N)[C@@H]1c1ccccc1Cl. The fraction of sp³-hybridized carbons (Fsp3) is 0.208. The number of hydrogen-bond donors (Lipinski definition) is 2. The molecule has 9 heteroatoms. The maximum atomic E-state index is 12.6. The summed E-state index contributed by atoms with van der Waals surface area (Å²) in [4.78, 5) is 25.1. The van der Waals surface area contributed by atoms with Crippen LogP contribution < -0.4 is 15.4 Å². The smallest absolute Gasteiger partial charge is 0.336 e. The van der Waals surface area contributed by atoms with Crippen LogP contribution in [0.1, 0.15) is 18.4 Å². The zero-order valence-corrected chi connectivity index (χ0v) is 19.8. The van der Waals surface area contributed by atoms with Gasteiger partial charge in [-0.3, -0.25) is 4.79 Å². The maximum Gasteiger partial charge on any atom is 0.336 e. The molecule has 0 spiro atoms. The molecule has 1 aliphatic rings. The molecule has 1 heterocycles. The lowest BCUT2D eigenvalue weighted by Crippen LogP contribution is -2.29. The number of methoxy groups -OCH3 is 2. The Morgan fingerprint density at radius 2 is 1.97 bits per heavy atom. The van der Waals surface area contributed by atoms with E-state index in [1.54, 1.807) is 62.6 Å². The van der Waals surface area contributed by atoms with Gasteiger partial charge < -0.3 is 20.1 Å². The van der Waals surface area contributed by atoms with Crippen LogP contribution in [0.3, 0.4) is 0 Å². The van der Waals surface area contributed by atoms with Crippen molar-refractivity contribution in [3.8, 4) is 11.8 Å². The lowest BCUT2D eigenvalue weighted by Gasteiger charge is -2.29. The number of allylic oxidation sites excluding steroid dienone is 2. The molecule has 1 aliphatic heterocycles. The number of nitriles is 1. The standard InChI is InChI=1S/C24H22ClN3O4S/c1-14-21(24(30)32-3)22(17-9-4-5-10-19(17)25)18(12-26)23(27-14)33-13-20(29)28-15-7-6-8-16(11-15)31-2/h4-11,22,27H,13H2,1-3H3,(H,28,29)/t22-/m0/s1. The van der Waals surface area contributed by atoms with Gasteiger partial charge in [-0.2, -0.15) is 5.26 Å². The van der Waals surface area contributed by atoms with E-state index >= 15 is 0 Å². The molecule has 0 saturated heterocycles. The zero-order valence-electron chi connectivity index (χ0n) is 18.3. The Morgan fingerprint density at radius 3 is 2.64 bits per heavy atom. The van der Waals surface area contributed by atoms with Crippen LogP contribution >= 0.6 is 23.4 Å². The normalized spacial score (nSPS) is 15.4. The molecule has 0 bridgehead atoms. The summed E-state index contributed by atoms with van der Waals surface area (Å²) in [6, 6.07) is 16.3. The molecule has 2 N–H and O–H groups in total. The molecule has 1 amide bonds. The number of dihydropyridines is 1. The number of carbonyl (C=O) groups excluding carboxylic acids is 2. The molecule has 2 aromatic rings. The Labute approximate surface area is 201 Å². The van der Waals surface area contributed by atoms with Crippen molar-refractivity contribution >= 4 is 40.9 Å². The summed E-state index contributed by atoms with van der Waals surface area (Å²) in [5.41, 5.74) is 2.32. The number of hydrogen-bond acceptors (Lipinski definition) is 7. The maximum absolute atomic E-state index is 12.6. The van der Waals surface area contributed by atoms with E-state index in [1.165, 1.54) is 18.9 Å². The Hall–Kier alpha value is -3.41. The van der Waals surface area contributed by atoms with Gasteiger partial charge in [0.05, 0.1) is 48.1 Å². The minimum absolute atomic E-state index is 0.0425. The van der Waals surface area contributed by atoms with Gasteiger partial charge in [-0.05, 0) is 30.7 Å². The lowest BCUT2D eigenvalue weighted by molar-refractivity contribution is -0.136. The number of esters is 1. The molecule has 2 aromatic carbocycles. The zero-order chi connectivity index (χ0) is 24.0. The minimum Gasteiger partial charge on any atom is -0.497 e. The van der Waals surface area contributed by atoms with Crippen LogP contribution in [0.25, 0.3) is 0 Å². The van der Waals surface area contributed by atoms with Gasteiger partial charge >= 0.3 is 5.97 Å². The minimum atomic E-state index is -0.721. The van der Waals surface area contributed by atoms with E-state index in [0.717, 1.165) is 0 Å². The predicted molar refractivity (Wildman–Crippen MR) is 129 cm³/mol. The Kier molecular flexibility index (Phi) is 8.04. The first-order chi connectivity index (χ1) is 15.9. The van der Waals surface area contributed by atoms with Crippen molar-refractivity contribution in [2.75, 3.05) is 25.3 Å². The third-order valence-electron chi connectivity index (χ3n) is 4.97. The molecule has 170 valence electrons. The van der Waals surface area contributed by atoms with Crippen molar-refractivity contribution in [3.63, 3.8) is 0 Å². The summed E-state index contributed by atoms with van der Waals surface area (Å²) in [6.45, 7) is 1.72. The van der Waals surface area contributed by atoms with Crippen molar-refractivity contribution < 1.29 is 19.1 Å². The van der Waals surface area contributed by atoms with Crippen molar-refractivity contribution in [1.82, 2.24) is 5.32 Å². The van der Waals surface area contributed by atoms with Crippen molar-refractivity contribution in [2.24, 2.45) is 0 Å². The molecule has 0 aliphatic carbocycles. The number of rotatable bonds is 7. The van der Waals surface area contributed by atoms with Crippen LogP contribution in [0.2, 0.25) is 5.02 Å². The third kappa shape index (κ3) is 5.51. The molecule has 0 radical (unpaired) electrons. The Bertz CT molecular complexity index is 1190. The van der Waals surface area contributed by atoms with Crippen molar-refractivity contribution in [3.05, 3.63) is 81.0 Å². The molecular formula is C24H22ClN3O4S. The number of anilines is 1. The van der Waals surface area contributed by atoms with Gasteiger partial charge in [0.2, 0.25) is 5.91 Å². The summed E-state index contributed by atoms with van der Waals surface area (Å²) >= 11 is 7.59. The average molecular weight is 484 g/mol. The van der Waals surface area contributed by atoms with Crippen LogP contribution in [0, 0.1) is 11.3 Å². The summed E-state index contributed by atoms with van der Waals surface area (Å²) in [7, 11) is 2.84. The van der Waals surface area contributed by atoms with Crippen LogP contribution in [0.15, 0.2) is 70.4 Å². The highest BCUT2D eigenvalue weighted by Crippen LogP contribution is 2.43. The van der Waals surface area contributed by atoms with Gasteiger partial charge in [0.1, 0.15) is 5.75 Å². The van der Waals surface area contributed by atoms with E-state index in [0.29, 0.717) is 38.3 Å². The molecule has 0 unspecified atom stereocenters. The number of nitrogens with one attached hydrogen (secondary N) is 2. The summed E-state index contributed by atoms with van der Waals surface area (Å²) < 4.78 is 10.1. The third-order valence-corrected chi connectivity index (χ3v) is 6.33. The number of carbonyl (C=O) groups is 2. The highest BCUT2D eigenvalue weighted by molar-refractivity contribution is 8.03. The number of amides is 1. The largest absolute Gasteiger partial charge is 0.497 e. The molecule has 33 heavy (non-hydrogen) atoms. The second-order valence-corrected chi connectivity index (χ2v) is 8.43. The molecule has 7 nitrogen and oxygen atoms in total. The fourth-order valence-corrected chi connectivity index (χ4v) is 4.60. The van der Waals surface area contributed by atoms with Gasteiger partial charge in [-0.15, -0.1) is 0 Å². The van der Waals surface area contributed by atoms with Crippen LogP contribution in [0.4, 0.5) is 5.69 Å². The molecular weight excluding hydrogens is 462 g/mol. The van der Waals surface area contributed by atoms with Crippen LogP contribution in [0.5, 0.6) is 5.75 Å². The Balaban J connectivity index is 1.89. The van der Waals surface area contributed by atoms with Crippen LogP contribution in [-0.2, 0) is 14.3 Å². The van der Waals surface area contributed by atoms with E-state index in [9.17, 15) is 14.9 Å². The molecule has 1 atom stereocenters. The Morgan fingerprint density at radius 1 is 1.21 bits per heavy atom. The number of benzene rings is 2. The highest BCUT2D eigenvalue weighted by atomic mass is 35.5. The van der Waals surface area contributed by atoms with Crippen molar-refractivity contribution in [1.29, 1.82) is 5.26 Å². The number of nitrogens with zero attached hydrogens (tertiary/aromatic N) is 1. The van der Waals surface area contributed by atoms with E-state index < -0.39 is 11.9 Å². The topological polar surface area (TPSA) is 100 Å². The van der Waals surface area contributed by atoms with E-state index in [2.05, 4.69) is 16.7 Å². The molecule has 3 rings (SSSR count). The second kappa shape index (κ2) is 10.9. The quantitative estimate of drug-likeness (QED) is 0.555. The molecule has 0 fully saturated rings. The summed E-state index contributed by atoms with van der Waals surface area (Å²) in [5, 5.41) is 16.8. The van der Waals surface area contributed by atoms with Gasteiger partial charge in [0.25, 0.3) is 0 Å². The number of thioether (sulfide) groups is 1. The van der Waals surface area contributed by atoms with Crippen LogP contribution in [-0.4, -0.2) is 31.8 Å². The highest BCUT2D eigenvalue weighted by Gasteiger charge is 2.36. The predicted octanol–water partition coefficient (Wildman–Crippen LogP) is 4.59. The van der Waals surface area contributed by atoms with Gasteiger partial charge in [-0.1, -0.05) is 47.6 Å². The fourth-order valence-electron chi connectivity index (χ4n) is 3.46. The average Bonchev–Trinajstić information content (AvgIpc) is 2.82. The lowest BCUT2D eigenvalue weighted by atomic mass is 9.82. The number of ether oxygens (including phenoxy) is 2. The van der Waals surface area contributed by atoms with E-state index in [-0.39, 0.29) is 17.2 Å². The monoisotopic (exact) mass is 483 g/mol. The second-order valence-electron chi connectivity index (χ2n) is 7.03. The molecule has 0 aromatic heterocycles. The van der Waals surface area contributed by atoms with Gasteiger partial charge in [0.15, 0.2) is 0 Å². The van der Waals surface area contributed by atoms with Gasteiger partial charge in [-0.25, -0.2) is 4.79 Å². The van der Waals surface area contributed by atoms with Crippen molar-refractivity contribution in [2.45, 2.75) is 12.8 Å². The van der Waals surface area contributed by atoms with Gasteiger partial charge in [0, 0.05) is 22.5 Å².